The van der Waals surface area contributed by atoms with Crippen LogP contribution in [0.2, 0.25) is 0 Å². The molecule has 0 aromatic heterocycles. The lowest BCUT2D eigenvalue weighted by atomic mass is 9.72. The van der Waals surface area contributed by atoms with Gasteiger partial charge in [-0.15, -0.1) is 0 Å². The molecular weight excluding hydrogens is 496 g/mol. The maximum atomic E-state index is 15.4. The van der Waals surface area contributed by atoms with Crippen LogP contribution in [0.15, 0.2) is 71.2 Å². The molecule has 2 unspecified atom stereocenters. The van der Waals surface area contributed by atoms with Crippen LogP contribution in [-0.2, 0) is 0 Å². The topological polar surface area (TPSA) is 50.8 Å². The minimum absolute atomic E-state index is 0.00580. The predicted octanol–water partition coefficient (Wildman–Crippen LogP) is 6.88. The van der Waals surface area contributed by atoms with Crippen molar-refractivity contribution in [3.63, 3.8) is 0 Å². The monoisotopic (exact) mass is 519 g/mol. The van der Waals surface area contributed by atoms with E-state index in [-0.39, 0.29) is 12.0 Å². The fraction of sp³-hybridized carbons (Fsp3) is 0.286. The van der Waals surface area contributed by atoms with Crippen LogP contribution in [0.4, 0.5) is 8.78 Å². The van der Waals surface area contributed by atoms with Crippen LogP contribution in [-0.4, -0.2) is 23.7 Å². The van der Waals surface area contributed by atoms with Crippen molar-refractivity contribution in [2.24, 2.45) is 5.92 Å². The number of alkyl halides is 1. The summed E-state index contributed by atoms with van der Waals surface area (Å²) >= 11 is 3.34. The van der Waals surface area contributed by atoms with Gasteiger partial charge in [-0.1, -0.05) is 40.2 Å². The number of halogens is 3. The summed E-state index contributed by atoms with van der Waals surface area (Å²) in [6, 6.07) is 23.7. The normalized spacial score (nSPS) is 16.2. The zero-order chi connectivity index (χ0) is 24.5. The summed E-state index contributed by atoms with van der Waals surface area (Å²) in [5.74, 6) is -0.866. The van der Waals surface area contributed by atoms with Crippen molar-refractivity contribution in [1.29, 1.82) is 10.5 Å². The third-order valence-electron chi connectivity index (χ3n) is 6.45. The van der Waals surface area contributed by atoms with E-state index in [0.29, 0.717) is 34.3 Å². The molecule has 3 aromatic rings. The first kappa shape index (κ1) is 24.1. The van der Waals surface area contributed by atoms with Crippen LogP contribution < -0.4 is 0 Å². The molecule has 0 N–H and O–H groups in total. The first-order valence-electron chi connectivity index (χ1n) is 11.1. The van der Waals surface area contributed by atoms with E-state index in [1.807, 2.05) is 30.3 Å². The quantitative estimate of drug-likeness (QED) is 0.356. The first-order chi connectivity index (χ1) is 16.2. The predicted molar refractivity (Wildman–Crippen MR) is 131 cm³/mol. The highest BCUT2D eigenvalue weighted by Gasteiger charge is 2.45. The molecule has 3 nitrogen and oxygen atoms in total. The summed E-state index contributed by atoms with van der Waals surface area (Å²) < 4.78 is 30.1. The zero-order valence-electron chi connectivity index (χ0n) is 19.0. The first-order valence-corrected chi connectivity index (χ1v) is 11.9. The van der Waals surface area contributed by atoms with Crippen LogP contribution in [0.5, 0.6) is 0 Å². The van der Waals surface area contributed by atoms with E-state index >= 15 is 4.39 Å². The lowest BCUT2D eigenvalue weighted by molar-refractivity contribution is 0.00811. The number of nitriles is 2. The molecule has 0 spiro atoms. The van der Waals surface area contributed by atoms with Gasteiger partial charge in [0.2, 0.25) is 0 Å². The molecule has 1 saturated heterocycles. The molecule has 1 aliphatic heterocycles. The molecule has 0 radical (unpaired) electrons. The van der Waals surface area contributed by atoms with Crippen molar-refractivity contribution < 1.29 is 8.78 Å². The summed E-state index contributed by atoms with van der Waals surface area (Å²) in [6.07, 6.45) is 0. The number of rotatable bonds is 6. The van der Waals surface area contributed by atoms with Crippen molar-refractivity contribution >= 4 is 15.9 Å². The number of likely N-dealkylation sites (tertiary alicyclic amines) is 1. The Morgan fingerprint density at radius 3 is 2.18 bits per heavy atom. The number of hydrogen-bond donors (Lipinski definition) is 0. The Labute approximate surface area is 207 Å². The smallest absolute Gasteiger partial charge is 0.124 e. The second-order valence-corrected chi connectivity index (χ2v) is 10.2. The van der Waals surface area contributed by atoms with Crippen LogP contribution in [0, 0.1) is 34.4 Å². The highest BCUT2D eigenvalue weighted by molar-refractivity contribution is 9.10. The molecule has 1 heterocycles. The molecule has 1 aliphatic rings. The Hall–Kier alpha value is -3.06. The van der Waals surface area contributed by atoms with Gasteiger partial charge in [0.15, 0.2) is 0 Å². The average molecular weight is 520 g/mol. The Balaban J connectivity index is 1.66. The molecule has 172 valence electrons. The maximum absolute atomic E-state index is 15.4. The Kier molecular flexibility index (Phi) is 6.84. The summed E-state index contributed by atoms with van der Waals surface area (Å²) in [5, 5.41) is 18.6. The number of nitrogens with zero attached hydrogens (tertiary/aromatic N) is 3. The Morgan fingerprint density at radius 2 is 1.59 bits per heavy atom. The van der Waals surface area contributed by atoms with E-state index in [4.69, 9.17) is 0 Å². The minimum atomic E-state index is -1.53. The molecule has 0 aliphatic carbocycles. The lowest BCUT2D eigenvalue weighted by Crippen LogP contribution is -2.53. The standard InChI is InChI=1S/C28H24BrF2N3/c1-28(2,31)26(22-11-24(29)13-25(30)12-22)23-16-34(17-23)27(20-8-6-18(14-32)7-9-20)21-5-3-4-19(10-21)15-33/h3-13,23,26-27H,16-17H2,1-2H3. The fourth-order valence-corrected chi connectivity index (χ4v) is 5.57. The third-order valence-corrected chi connectivity index (χ3v) is 6.90. The molecule has 1 fully saturated rings. The largest absolute Gasteiger partial charge is 0.292 e. The van der Waals surface area contributed by atoms with Gasteiger partial charge in [-0.2, -0.15) is 10.5 Å². The van der Waals surface area contributed by atoms with Gasteiger partial charge in [0.25, 0.3) is 0 Å². The molecule has 6 heteroatoms. The van der Waals surface area contributed by atoms with Gasteiger partial charge in [0.1, 0.15) is 11.5 Å². The van der Waals surface area contributed by atoms with Crippen LogP contribution in [0.1, 0.15) is 53.6 Å². The molecule has 2 atom stereocenters. The van der Waals surface area contributed by atoms with Gasteiger partial charge >= 0.3 is 0 Å². The highest BCUT2D eigenvalue weighted by Crippen LogP contribution is 2.46. The third kappa shape index (κ3) is 5.04. The molecule has 4 rings (SSSR count). The lowest BCUT2D eigenvalue weighted by Gasteiger charge is -2.50. The molecular formula is C28H24BrF2N3. The van der Waals surface area contributed by atoms with Crippen LogP contribution in [0.3, 0.4) is 0 Å². The van der Waals surface area contributed by atoms with E-state index in [0.717, 1.165) is 11.1 Å². The number of benzene rings is 3. The van der Waals surface area contributed by atoms with Crippen LogP contribution in [0.25, 0.3) is 0 Å². The minimum Gasteiger partial charge on any atom is -0.292 e. The second-order valence-electron chi connectivity index (χ2n) is 9.33. The van der Waals surface area contributed by atoms with Gasteiger partial charge in [-0.05, 0) is 78.9 Å². The van der Waals surface area contributed by atoms with E-state index in [2.05, 4.69) is 33.0 Å². The van der Waals surface area contributed by atoms with E-state index < -0.39 is 17.4 Å². The van der Waals surface area contributed by atoms with Crippen molar-refractivity contribution in [3.8, 4) is 12.1 Å². The summed E-state index contributed by atoms with van der Waals surface area (Å²) in [5.41, 5.74) is 2.22. The SMILES string of the molecule is CC(C)(F)C(c1cc(F)cc(Br)c1)C1CN(C(c2ccc(C#N)cc2)c2cccc(C#N)c2)C1. The average Bonchev–Trinajstić information content (AvgIpc) is 2.76. The molecule has 0 bridgehead atoms. The molecule has 3 aromatic carbocycles. The Bertz CT molecular complexity index is 1240. The summed E-state index contributed by atoms with van der Waals surface area (Å²) in [7, 11) is 0. The molecule has 0 amide bonds. The van der Waals surface area contributed by atoms with E-state index in [1.165, 1.54) is 12.1 Å². The number of hydrogen-bond acceptors (Lipinski definition) is 3. The summed E-state index contributed by atoms with van der Waals surface area (Å²) in [6.45, 7) is 4.34. The van der Waals surface area contributed by atoms with Crippen LogP contribution >= 0.6 is 15.9 Å². The van der Waals surface area contributed by atoms with E-state index in [1.54, 1.807) is 38.1 Å². The maximum Gasteiger partial charge on any atom is 0.124 e. The van der Waals surface area contributed by atoms with Crippen molar-refractivity contribution in [2.75, 3.05) is 13.1 Å². The van der Waals surface area contributed by atoms with E-state index in [9.17, 15) is 14.9 Å². The van der Waals surface area contributed by atoms with Crippen molar-refractivity contribution in [3.05, 3.63) is 105 Å². The van der Waals surface area contributed by atoms with Crippen molar-refractivity contribution in [2.45, 2.75) is 31.5 Å². The Morgan fingerprint density at radius 1 is 0.912 bits per heavy atom. The van der Waals surface area contributed by atoms with Gasteiger partial charge in [0, 0.05) is 23.5 Å². The van der Waals surface area contributed by atoms with Gasteiger partial charge in [0.05, 0.1) is 29.3 Å². The zero-order valence-corrected chi connectivity index (χ0v) is 20.6. The summed E-state index contributed by atoms with van der Waals surface area (Å²) in [4.78, 5) is 2.25. The van der Waals surface area contributed by atoms with Gasteiger partial charge in [-0.3, -0.25) is 4.90 Å². The second kappa shape index (κ2) is 9.66. The molecule has 34 heavy (non-hydrogen) atoms. The van der Waals surface area contributed by atoms with Gasteiger partial charge in [-0.25, -0.2) is 8.78 Å². The van der Waals surface area contributed by atoms with Gasteiger partial charge < -0.3 is 0 Å². The highest BCUT2D eigenvalue weighted by atomic mass is 79.9. The molecule has 0 saturated carbocycles. The van der Waals surface area contributed by atoms with Crippen molar-refractivity contribution in [1.82, 2.24) is 4.90 Å². The fourth-order valence-electron chi connectivity index (χ4n) is 5.09.